The van der Waals surface area contributed by atoms with Gasteiger partial charge in [-0.2, -0.15) is 5.10 Å². The van der Waals surface area contributed by atoms with E-state index in [1.165, 1.54) is 18.5 Å². The molecule has 2 rings (SSSR count). The smallest absolute Gasteiger partial charge is 0.0596 e. The fraction of sp³-hybridized carbons (Fsp3) is 0.769. The van der Waals surface area contributed by atoms with E-state index in [2.05, 4.69) is 22.8 Å². The molecule has 1 saturated carbocycles. The Morgan fingerprint density at radius 1 is 1.44 bits per heavy atom. The molecule has 3 nitrogen and oxygen atoms in total. The lowest BCUT2D eigenvalue weighted by molar-refractivity contribution is 0.0689. The molecule has 1 aromatic rings. The molecule has 0 saturated heterocycles. The topological polar surface area (TPSA) is 38.0 Å². The van der Waals surface area contributed by atoms with Crippen molar-refractivity contribution < 1.29 is 5.11 Å². The maximum Gasteiger partial charge on any atom is 0.0596 e. The summed E-state index contributed by atoms with van der Waals surface area (Å²) in [5, 5.41) is 14.4. The van der Waals surface area contributed by atoms with E-state index in [1.807, 2.05) is 6.92 Å². The van der Waals surface area contributed by atoms with E-state index in [1.54, 1.807) is 0 Å². The van der Waals surface area contributed by atoms with E-state index >= 15 is 0 Å². The van der Waals surface area contributed by atoms with E-state index in [9.17, 15) is 5.11 Å². The minimum atomic E-state index is -0.103. The highest BCUT2D eigenvalue weighted by molar-refractivity contribution is 5.10. The Hall–Kier alpha value is -0.830. The summed E-state index contributed by atoms with van der Waals surface area (Å²) in [6.07, 6.45) is 5.47. The van der Waals surface area contributed by atoms with Gasteiger partial charge in [0.05, 0.1) is 11.8 Å². The summed E-state index contributed by atoms with van der Waals surface area (Å²) in [5.41, 5.74) is 2.37. The summed E-state index contributed by atoms with van der Waals surface area (Å²) in [5.74, 6) is 0.440. The van der Waals surface area contributed by atoms with Gasteiger partial charge < -0.3 is 5.11 Å². The Labute approximate surface area is 97.5 Å². The Morgan fingerprint density at radius 3 is 2.88 bits per heavy atom. The highest BCUT2D eigenvalue weighted by atomic mass is 16.3. The summed E-state index contributed by atoms with van der Waals surface area (Å²) < 4.78 is 2.07. The van der Waals surface area contributed by atoms with Gasteiger partial charge in [0.25, 0.3) is 0 Å². The molecule has 1 aromatic heterocycles. The highest BCUT2D eigenvalue weighted by Gasteiger charge is 2.24. The van der Waals surface area contributed by atoms with Gasteiger partial charge in [-0.15, -0.1) is 0 Å². The van der Waals surface area contributed by atoms with Crippen LogP contribution in [0.5, 0.6) is 0 Å². The Kier molecular flexibility index (Phi) is 3.64. The fourth-order valence-corrected chi connectivity index (χ4v) is 2.73. The quantitative estimate of drug-likeness (QED) is 0.852. The largest absolute Gasteiger partial charge is 0.393 e. The van der Waals surface area contributed by atoms with Crippen molar-refractivity contribution in [3.63, 3.8) is 0 Å². The fourth-order valence-electron chi connectivity index (χ4n) is 2.73. The first-order valence-electron chi connectivity index (χ1n) is 6.42. The average Bonchev–Trinajstić information content (AvgIpc) is 2.62. The van der Waals surface area contributed by atoms with Crippen LogP contribution in [0.25, 0.3) is 0 Å². The van der Waals surface area contributed by atoms with Gasteiger partial charge in [0, 0.05) is 12.2 Å². The normalized spacial score (nSPS) is 25.9. The number of hydrogen-bond acceptors (Lipinski definition) is 2. The van der Waals surface area contributed by atoms with Gasteiger partial charge >= 0.3 is 0 Å². The molecule has 0 aromatic carbocycles. The molecule has 3 heteroatoms. The molecule has 0 amide bonds. The molecule has 2 unspecified atom stereocenters. The van der Waals surface area contributed by atoms with Crippen LogP contribution in [0.4, 0.5) is 0 Å². The lowest BCUT2D eigenvalue weighted by Gasteiger charge is -2.27. The van der Waals surface area contributed by atoms with Crippen LogP contribution in [0.2, 0.25) is 0 Å². The average molecular weight is 222 g/mol. The molecular weight excluding hydrogens is 200 g/mol. The number of nitrogens with zero attached hydrogens (tertiary/aromatic N) is 2. The number of aromatic nitrogens is 2. The van der Waals surface area contributed by atoms with Gasteiger partial charge in [0.1, 0.15) is 0 Å². The molecule has 1 fully saturated rings. The minimum absolute atomic E-state index is 0.103. The standard InChI is InChI=1S/C13H22N2O/c1-3-15-12(8-10(2)14-15)9-11-6-4-5-7-13(11)16/h8,11,13,16H,3-7,9H2,1-2H3. The van der Waals surface area contributed by atoms with Gasteiger partial charge in [-0.3, -0.25) is 4.68 Å². The zero-order chi connectivity index (χ0) is 11.5. The van der Waals surface area contributed by atoms with Crippen LogP contribution in [0.15, 0.2) is 6.07 Å². The van der Waals surface area contributed by atoms with Crippen LogP contribution >= 0.6 is 0 Å². The molecule has 1 heterocycles. The first-order valence-corrected chi connectivity index (χ1v) is 6.42. The monoisotopic (exact) mass is 222 g/mol. The van der Waals surface area contributed by atoms with Gasteiger partial charge in [-0.25, -0.2) is 0 Å². The third-order valence-electron chi connectivity index (χ3n) is 3.63. The first-order chi connectivity index (χ1) is 7.70. The first kappa shape index (κ1) is 11.6. The van der Waals surface area contributed by atoms with Crippen molar-refractivity contribution in [2.75, 3.05) is 0 Å². The van der Waals surface area contributed by atoms with Crippen molar-refractivity contribution in [3.8, 4) is 0 Å². The van der Waals surface area contributed by atoms with Crippen molar-refractivity contribution in [2.24, 2.45) is 5.92 Å². The van der Waals surface area contributed by atoms with Gasteiger partial charge in [-0.05, 0) is 45.1 Å². The lowest BCUT2D eigenvalue weighted by atomic mass is 9.83. The van der Waals surface area contributed by atoms with Crippen LogP contribution in [-0.4, -0.2) is 21.0 Å². The van der Waals surface area contributed by atoms with E-state index in [0.717, 1.165) is 31.5 Å². The third-order valence-corrected chi connectivity index (χ3v) is 3.63. The van der Waals surface area contributed by atoms with E-state index in [4.69, 9.17) is 0 Å². The van der Waals surface area contributed by atoms with E-state index in [-0.39, 0.29) is 6.10 Å². The highest BCUT2D eigenvalue weighted by Crippen LogP contribution is 2.27. The van der Waals surface area contributed by atoms with Crippen molar-refractivity contribution in [3.05, 3.63) is 17.5 Å². The number of aryl methyl sites for hydroxylation is 2. The third kappa shape index (κ3) is 2.46. The van der Waals surface area contributed by atoms with Crippen molar-refractivity contribution >= 4 is 0 Å². The molecule has 1 N–H and O–H groups in total. The van der Waals surface area contributed by atoms with Crippen LogP contribution in [-0.2, 0) is 13.0 Å². The van der Waals surface area contributed by atoms with Crippen molar-refractivity contribution in [2.45, 2.75) is 58.6 Å². The predicted molar refractivity (Wildman–Crippen MR) is 64.3 cm³/mol. The van der Waals surface area contributed by atoms with E-state index < -0.39 is 0 Å². The SMILES string of the molecule is CCn1nc(C)cc1CC1CCCCC1O. The van der Waals surface area contributed by atoms with Gasteiger partial charge in [0.2, 0.25) is 0 Å². The van der Waals surface area contributed by atoms with Crippen LogP contribution in [0.3, 0.4) is 0 Å². The maximum atomic E-state index is 9.97. The zero-order valence-corrected chi connectivity index (χ0v) is 10.3. The number of hydrogen-bond donors (Lipinski definition) is 1. The predicted octanol–water partition coefficient (Wildman–Crippen LogP) is 2.31. The Morgan fingerprint density at radius 2 is 2.19 bits per heavy atom. The molecule has 90 valence electrons. The summed E-state index contributed by atoms with van der Waals surface area (Å²) >= 11 is 0. The number of aliphatic hydroxyl groups excluding tert-OH is 1. The zero-order valence-electron chi connectivity index (χ0n) is 10.3. The molecule has 0 spiro atoms. The summed E-state index contributed by atoms with van der Waals surface area (Å²) in [7, 11) is 0. The molecule has 2 atom stereocenters. The van der Waals surface area contributed by atoms with E-state index in [0.29, 0.717) is 5.92 Å². The number of rotatable bonds is 3. The lowest BCUT2D eigenvalue weighted by Crippen LogP contribution is -2.27. The maximum absolute atomic E-state index is 9.97. The molecule has 1 aliphatic carbocycles. The van der Waals surface area contributed by atoms with Crippen molar-refractivity contribution in [1.82, 2.24) is 9.78 Å². The Bertz CT molecular complexity index is 346. The number of aliphatic hydroxyl groups is 1. The van der Waals surface area contributed by atoms with Crippen LogP contribution in [0.1, 0.15) is 44.0 Å². The van der Waals surface area contributed by atoms with Gasteiger partial charge in [-0.1, -0.05) is 12.8 Å². The van der Waals surface area contributed by atoms with Crippen LogP contribution < -0.4 is 0 Å². The minimum Gasteiger partial charge on any atom is -0.393 e. The molecule has 16 heavy (non-hydrogen) atoms. The summed E-state index contributed by atoms with van der Waals surface area (Å²) in [6.45, 7) is 5.08. The molecule has 0 radical (unpaired) electrons. The second kappa shape index (κ2) is 5.00. The van der Waals surface area contributed by atoms with Crippen LogP contribution in [0, 0.1) is 12.8 Å². The molecule has 0 aliphatic heterocycles. The second-order valence-corrected chi connectivity index (χ2v) is 4.91. The Balaban J connectivity index is 2.06. The van der Waals surface area contributed by atoms with Crippen molar-refractivity contribution in [1.29, 1.82) is 0 Å². The molecule has 0 bridgehead atoms. The molecule has 1 aliphatic rings. The summed E-state index contributed by atoms with van der Waals surface area (Å²) in [6, 6.07) is 2.16. The summed E-state index contributed by atoms with van der Waals surface area (Å²) in [4.78, 5) is 0. The van der Waals surface area contributed by atoms with Gasteiger partial charge in [0.15, 0.2) is 0 Å². The molecular formula is C13H22N2O. The second-order valence-electron chi connectivity index (χ2n) is 4.91.